The Balaban J connectivity index is 2.45. The van der Waals surface area contributed by atoms with Gasteiger partial charge in [-0.25, -0.2) is 0 Å². The molecule has 0 aromatic heterocycles. The van der Waals surface area contributed by atoms with Crippen LogP contribution in [0.4, 0.5) is 0 Å². The first-order valence-corrected chi connectivity index (χ1v) is 5.01. The molecule has 0 saturated heterocycles. The van der Waals surface area contributed by atoms with E-state index in [9.17, 15) is 4.79 Å². The highest BCUT2D eigenvalue weighted by atomic mass is 16.3. The summed E-state index contributed by atoms with van der Waals surface area (Å²) in [6.07, 6.45) is 7.32. The van der Waals surface area contributed by atoms with Crippen LogP contribution >= 0.6 is 0 Å². The molecule has 0 bridgehead atoms. The number of carbonyl (C=O) groups is 1. The predicted octanol–water partition coefficient (Wildman–Crippen LogP) is 1.93. The van der Waals surface area contributed by atoms with Gasteiger partial charge in [-0.3, -0.25) is 4.79 Å². The lowest BCUT2D eigenvalue weighted by Gasteiger charge is -2.15. The third-order valence-corrected chi connectivity index (χ3v) is 2.82. The Bertz CT molecular complexity index is 196. The summed E-state index contributed by atoms with van der Waals surface area (Å²) in [5.41, 5.74) is 0. The van der Waals surface area contributed by atoms with Crippen molar-refractivity contribution in [2.24, 2.45) is 11.8 Å². The van der Waals surface area contributed by atoms with Crippen molar-refractivity contribution in [3.63, 3.8) is 0 Å². The molecule has 1 N–H and O–H groups in total. The maximum absolute atomic E-state index is 11.2. The maximum atomic E-state index is 11.2. The van der Waals surface area contributed by atoms with Gasteiger partial charge in [-0.2, -0.15) is 0 Å². The molecular formula is C11H18O2. The molecule has 0 spiro atoms. The minimum atomic E-state index is 0.213. The van der Waals surface area contributed by atoms with Crippen molar-refractivity contribution >= 4 is 5.78 Å². The third kappa shape index (κ3) is 2.96. The molecular weight excluding hydrogens is 164 g/mol. The molecule has 2 atom stereocenters. The summed E-state index contributed by atoms with van der Waals surface area (Å²) in [4.78, 5) is 11.2. The van der Waals surface area contributed by atoms with Crippen LogP contribution < -0.4 is 0 Å². The van der Waals surface area contributed by atoms with Gasteiger partial charge in [-0.05, 0) is 31.6 Å². The first-order chi connectivity index (χ1) is 6.27. The van der Waals surface area contributed by atoms with Crippen molar-refractivity contribution in [3.05, 3.63) is 12.2 Å². The number of aliphatic hydroxyl groups excluding tert-OH is 1. The molecule has 0 aliphatic heterocycles. The molecule has 1 fully saturated rings. The van der Waals surface area contributed by atoms with Crippen LogP contribution in [0, 0.1) is 11.8 Å². The lowest BCUT2D eigenvalue weighted by Crippen LogP contribution is -2.08. The fourth-order valence-electron chi connectivity index (χ4n) is 2.09. The molecule has 0 aromatic rings. The first-order valence-electron chi connectivity index (χ1n) is 5.01. The molecule has 0 amide bonds. The van der Waals surface area contributed by atoms with E-state index in [1.165, 1.54) is 0 Å². The molecule has 0 heterocycles. The molecule has 0 radical (unpaired) electrons. The van der Waals surface area contributed by atoms with E-state index in [4.69, 9.17) is 5.11 Å². The summed E-state index contributed by atoms with van der Waals surface area (Å²) in [7, 11) is 0. The van der Waals surface area contributed by atoms with E-state index in [1.54, 1.807) is 0 Å². The first kappa shape index (κ1) is 10.5. The molecule has 1 aliphatic rings. The molecule has 1 aliphatic carbocycles. The van der Waals surface area contributed by atoms with E-state index in [0.29, 0.717) is 24.0 Å². The Morgan fingerprint density at radius 1 is 1.46 bits per heavy atom. The van der Waals surface area contributed by atoms with Crippen LogP contribution in [0.1, 0.15) is 32.6 Å². The Morgan fingerprint density at radius 2 is 2.15 bits per heavy atom. The van der Waals surface area contributed by atoms with Crippen molar-refractivity contribution in [1.29, 1.82) is 0 Å². The molecule has 74 valence electrons. The minimum absolute atomic E-state index is 0.213. The summed E-state index contributed by atoms with van der Waals surface area (Å²) in [6, 6.07) is 0. The highest BCUT2D eigenvalue weighted by Crippen LogP contribution is 2.34. The summed E-state index contributed by atoms with van der Waals surface area (Å²) in [5, 5.41) is 8.83. The number of ketones is 1. The van der Waals surface area contributed by atoms with Crippen LogP contribution in [0.5, 0.6) is 0 Å². The number of rotatable bonds is 4. The topological polar surface area (TPSA) is 37.3 Å². The Hall–Kier alpha value is -0.630. The zero-order valence-electron chi connectivity index (χ0n) is 8.20. The molecule has 13 heavy (non-hydrogen) atoms. The number of hydrogen-bond donors (Lipinski definition) is 1. The van der Waals surface area contributed by atoms with Crippen LogP contribution in [0.3, 0.4) is 0 Å². The van der Waals surface area contributed by atoms with Gasteiger partial charge in [-0.1, -0.05) is 12.2 Å². The molecule has 2 heteroatoms. The molecule has 2 unspecified atom stereocenters. The van der Waals surface area contributed by atoms with Crippen LogP contribution in [0.2, 0.25) is 0 Å². The van der Waals surface area contributed by atoms with Gasteiger partial charge < -0.3 is 5.11 Å². The number of hydrogen-bond acceptors (Lipinski definition) is 2. The monoisotopic (exact) mass is 182 g/mol. The van der Waals surface area contributed by atoms with Gasteiger partial charge in [0.1, 0.15) is 5.78 Å². The van der Waals surface area contributed by atoms with Crippen molar-refractivity contribution in [2.45, 2.75) is 32.6 Å². The van der Waals surface area contributed by atoms with Gasteiger partial charge in [0.2, 0.25) is 0 Å². The Morgan fingerprint density at radius 3 is 2.77 bits per heavy atom. The largest absolute Gasteiger partial charge is 0.396 e. The number of carbonyl (C=O) groups excluding carboxylic acids is 1. The smallest absolute Gasteiger partial charge is 0.133 e. The van der Waals surface area contributed by atoms with Gasteiger partial charge in [-0.15, -0.1) is 0 Å². The molecule has 1 rings (SSSR count). The van der Waals surface area contributed by atoms with Crippen LogP contribution in [0.25, 0.3) is 0 Å². The SMILES string of the molecule is CC=CCC1CC(=O)CC1CCO. The van der Waals surface area contributed by atoms with Crippen molar-refractivity contribution in [2.75, 3.05) is 6.61 Å². The Labute approximate surface area is 79.6 Å². The van der Waals surface area contributed by atoms with E-state index in [-0.39, 0.29) is 6.61 Å². The van der Waals surface area contributed by atoms with Crippen LogP contribution in [0.15, 0.2) is 12.2 Å². The van der Waals surface area contributed by atoms with Crippen LogP contribution in [-0.4, -0.2) is 17.5 Å². The fraction of sp³-hybridized carbons (Fsp3) is 0.727. The van der Waals surface area contributed by atoms with Gasteiger partial charge in [0.05, 0.1) is 0 Å². The zero-order valence-corrected chi connectivity index (χ0v) is 8.20. The number of Topliss-reactive ketones (excluding diaryl/α,β-unsaturated/α-hetero) is 1. The van der Waals surface area contributed by atoms with E-state index in [1.807, 2.05) is 13.0 Å². The van der Waals surface area contributed by atoms with Crippen molar-refractivity contribution in [3.8, 4) is 0 Å². The minimum Gasteiger partial charge on any atom is -0.396 e. The molecule has 1 saturated carbocycles. The quantitative estimate of drug-likeness (QED) is 0.674. The van der Waals surface area contributed by atoms with Crippen molar-refractivity contribution in [1.82, 2.24) is 0 Å². The van der Waals surface area contributed by atoms with Crippen molar-refractivity contribution < 1.29 is 9.90 Å². The number of aliphatic hydroxyl groups is 1. The van der Waals surface area contributed by atoms with E-state index in [2.05, 4.69) is 6.08 Å². The van der Waals surface area contributed by atoms with E-state index >= 15 is 0 Å². The second-order valence-corrected chi connectivity index (χ2v) is 3.78. The number of allylic oxidation sites excluding steroid dienone is 2. The summed E-state index contributed by atoms with van der Waals surface area (Å²) >= 11 is 0. The lowest BCUT2D eigenvalue weighted by molar-refractivity contribution is -0.117. The average molecular weight is 182 g/mol. The zero-order chi connectivity index (χ0) is 9.68. The lowest BCUT2D eigenvalue weighted by atomic mass is 9.90. The average Bonchev–Trinajstić information content (AvgIpc) is 2.44. The van der Waals surface area contributed by atoms with Gasteiger partial charge in [0, 0.05) is 19.4 Å². The van der Waals surface area contributed by atoms with Gasteiger partial charge in [0.25, 0.3) is 0 Å². The molecule has 2 nitrogen and oxygen atoms in total. The summed E-state index contributed by atoms with van der Waals surface area (Å²) in [5.74, 6) is 1.28. The highest BCUT2D eigenvalue weighted by molar-refractivity contribution is 5.81. The predicted molar refractivity (Wildman–Crippen MR) is 52.4 cm³/mol. The molecule has 0 aromatic carbocycles. The fourth-order valence-corrected chi connectivity index (χ4v) is 2.09. The third-order valence-electron chi connectivity index (χ3n) is 2.82. The second-order valence-electron chi connectivity index (χ2n) is 3.78. The van der Waals surface area contributed by atoms with Crippen LogP contribution in [-0.2, 0) is 4.79 Å². The van der Waals surface area contributed by atoms with E-state index in [0.717, 1.165) is 19.3 Å². The van der Waals surface area contributed by atoms with Gasteiger partial charge in [0.15, 0.2) is 0 Å². The summed E-state index contributed by atoms with van der Waals surface area (Å²) in [6.45, 7) is 2.21. The normalized spacial score (nSPS) is 28.9. The highest BCUT2D eigenvalue weighted by Gasteiger charge is 2.31. The standard InChI is InChI=1S/C11H18O2/c1-2-3-4-9-7-11(13)8-10(9)5-6-12/h2-3,9-10,12H,4-8H2,1H3. The Kier molecular flexibility index (Phi) is 4.16. The maximum Gasteiger partial charge on any atom is 0.133 e. The van der Waals surface area contributed by atoms with Gasteiger partial charge >= 0.3 is 0 Å². The van der Waals surface area contributed by atoms with E-state index < -0.39 is 0 Å². The second kappa shape index (κ2) is 5.18. The summed E-state index contributed by atoms with van der Waals surface area (Å²) < 4.78 is 0.